The van der Waals surface area contributed by atoms with Crippen molar-refractivity contribution in [3.8, 4) is 5.75 Å². The maximum atomic E-state index is 11.8. The Hall–Kier alpha value is -1.05. The van der Waals surface area contributed by atoms with E-state index in [0.29, 0.717) is 12.3 Å². The third kappa shape index (κ3) is 8.25. The standard InChI is InChI=1S/C17H27N3O3.2ClH/c1-13-7-8-20(11-13)9-10-23-15-5-3-14(4-6-15)19-17(21)16(18)12-22-2;;/h3-6,13,16H,7-12,18H2,1-2H3,(H,19,21);2*1H. The molecule has 1 aliphatic rings. The first kappa shape index (κ1) is 23.9. The van der Waals surface area contributed by atoms with E-state index < -0.39 is 6.04 Å². The van der Waals surface area contributed by atoms with Crippen molar-refractivity contribution >= 4 is 36.4 Å². The maximum absolute atomic E-state index is 11.8. The van der Waals surface area contributed by atoms with Crippen LogP contribution in [0.15, 0.2) is 24.3 Å². The fourth-order valence-electron chi connectivity index (χ4n) is 2.65. The summed E-state index contributed by atoms with van der Waals surface area (Å²) in [4.78, 5) is 14.2. The van der Waals surface area contributed by atoms with E-state index >= 15 is 0 Å². The van der Waals surface area contributed by atoms with Crippen LogP contribution >= 0.6 is 24.8 Å². The fourth-order valence-corrected chi connectivity index (χ4v) is 2.65. The molecular formula is C17H29Cl2N3O3. The number of carbonyl (C=O) groups is 1. The molecule has 6 nitrogen and oxygen atoms in total. The van der Waals surface area contributed by atoms with Crippen molar-refractivity contribution in [1.82, 2.24) is 4.90 Å². The second-order valence-electron chi connectivity index (χ2n) is 6.12. The molecule has 0 aliphatic carbocycles. The van der Waals surface area contributed by atoms with Crippen LogP contribution in [0.4, 0.5) is 5.69 Å². The largest absolute Gasteiger partial charge is 0.492 e. The van der Waals surface area contributed by atoms with Crippen molar-refractivity contribution in [2.24, 2.45) is 11.7 Å². The van der Waals surface area contributed by atoms with Crippen LogP contribution in [0.3, 0.4) is 0 Å². The van der Waals surface area contributed by atoms with E-state index in [2.05, 4.69) is 17.1 Å². The first-order valence-corrected chi connectivity index (χ1v) is 8.09. The highest BCUT2D eigenvalue weighted by molar-refractivity contribution is 5.94. The van der Waals surface area contributed by atoms with Crippen molar-refractivity contribution < 1.29 is 14.3 Å². The number of hydrogen-bond acceptors (Lipinski definition) is 5. The summed E-state index contributed by atoms with van der Waals surface area (Å²) in [7, 11) is 1.52. The molecule has 1 amide bonds. The van der Waals surface area contributed by atoms with E-state index in [9.17, 15) is 4.79 Å². The zero-order chi connectivity index (χ0) is 16.7. The number of anilines is 1. The van der Waals surface area contributed by atoms with Crippen LogP contribution in [0, 0.1) is 5.92 Å². The van der Waals surface area contributed by atoms with E-state index in [1.807, 2.05) is 24.3 Å². The molecular weight excluding hydrogens is 365 g/mol. The lowest BCUT2D eigenvalue weighted by molar-refractivity contribution is -0.118. The van der Waals surface area contributed by atoms with E-state index in [-0.39, 0.29) is 37.3 Å². The van der Waals surface area contributed by atoms with Gasteiger partial charge in [0.1, 0.15) is 18.4 Å². The normalized spacial score (nSPS) is 18.0. The van der Waals surface area contributed by atoms with Crippen molar-refractivity contribution in [1.29, 1.82) is 0 Å². The van der Waals surface area contributed by atoms with Crippen LogP contribution in [0.1, 0.15) is 13.3 Å². The minimum Gasteiger partial charge on any atom is -0.492 e. The van der Waals surface area contributed by atoms with Gasteiger partial charge in [-0.25, -0.2) is 0 Å². The summed E-state index contributed by atoms with van der Waals surface area (Å²) < 4.78 is 10.6. The van der Waals surface area contributed by atoms with Gasteiger partial charge in [0.2, 0.25) is 5.91 Å². The minimum atomic E-state index is -0.668. The number of hydrogen-bond donors (Lipinski definition) is 2. The molecule has 1 aliphatic heterocycles. The Morgan fingerprint density at radius 1 is 1.36 bits per heavy atom. The SMILES string of the molecule is COCC(N)C(=O)Nc1ccc(OCCN2CCC(C)C2)cc1.Cl.Cl. The number of carbonyl (C=O) groups excluding carboxylic acids is 1. The number of benzene rings is 1. The van der Waals surface area contributed by atoms with Crippen molar-refractivity contribution in [2.45, 2.75) is 19.4 Å². The van der Waals surface area contributed by atoms with Crippen LogP contribution in [-0.4, -0.2) is 56.8 Å². The van der Waals surface area contributed by atoms with Gasteiger partial charge < -0.3 is 20.5 Å². The summed E-state index contributed by atoms with van der Waals surface area (Å²) in [6.07, 6.45) is 1.28. The monoisotopic (exact) mass is 393 g/mol. The van der Waals surface area contributed by atoms with Crippen LogP contribution in [0.5, 0.6) is 5.75 Å². The van der Waals surface area contributed by atoms with Gasteiger partial charge in [-0.05, 0) is 43.1 Å². The summed E-state index contributed by atoms with van der Waals surface area (Å²) in [6, 6.07) is 6.66. The van der Waals surface area contributed by atoms with Crippen LogP contribution in [0.2, 0.25) is 0 Å². The third-order valence-corrected chi connectivity index (χ3v) is 3.99. The molecule has 25 heavy (non-hydrogen) atoms. The number of nitrogens with two attached hydrogens (primary N) is 1. The van der Waals surface area contributed by atoms with E-state index in [1.54, 1.807) is 0 Å². The number of nitrogens with zero attached hydrogens (tertiary/aromatic N) is 1. The highest BCUT2D eigenvalue weighted by Crippen LogP contribution is 2.17. The van der Waals surface area contributed by atoms with E-state index in [4.69, 9.17) is 15.2 Å². The van der Waals surface area contributed by atoms with E-state index in [1.165, 1.54) is 13.5 Å². The van der Waals surface area contributed by atoms with Crippen molar-refractivity contribution in [3.05, 3.63) is 24.3 Å². The molecule has 0 bridgehead atoms. The number of likely N-dealkylation sites (tertiary alicyclic amines) is 1. The van der Waals surface area contributed by atoms with Gasteiger partial charge in [0.05, 0.1) is 6.61 Å². The lowest BCUT2D eigenvalue weighted by Gasteiger charge is -2.16. The molecule has 2 rings (SSSR count). The fraction of sp³-hybridized carbons (Fsp3) is 0.588. The average Bonchev–Trinajstić information content (AvgIpc) is 2.94. The first-order valence-electron chi connectivity index (χ1n) is 8.09. The van der Waals surface area contributed by atoms with Crippen LogP contribution < -0.4 is 15.8 Å². The Bertz CT molecular complexity index is 502. The molecule has 0 saturated carbocycles. The molecule has 2 atom stereocenters. The third-order valence-electron chi connectivity index (χ3n) is 3.99. The minimum absolute atomic E-state index is 0. The zero-order valence-corrected chi connectivity index (χ0v) is 16.4. The second-order valence-corrected chi connectivity index (χ2v) is 6.12. The summed E-state index contributed by atoms with van der Waals surface area (Å²) in [5.41, 5.74) is 6.37. The molecule has 1 saturated heterocycles. The van der Waals surface area contributed by atoms with Gasteiger partial charge in [0.25, 0.3) is 0 Å². The average molecular weight is 394 g/mol. The summed E-state index contributed by atoms with van der Waals surface area (Å²) in [5, 5.41) is 2.75. The van der Waals surface area contributed by atoms with Crippen LogP contribution in [0.25, 0.3) is 0 Å². The lowest BCUT2D eigenvalue weighted by Crippen LogP contribution is -2.39. The number of nitrogens with one attached hydrogen (secondary N) is 1. The van der Waals surface area contributed by atoms with E-state index in [0.717, 1.165) is 31.3 Å². The Labute approximate surface area is 162 Å². The van der Waals surface area contributed by atoms with Gasteiger partial charge >= 0.3 is 0 Å². The van der Waals surface area contributed by atoms with Gasteiger partial charge in [-0.2, -0.15) is 0 Å². The lowest BCUT2D eigenvalue weighted by atomic mass is 10.2. The van der Waals surface area contributed by atoms with Gasteiger partial charge in [-0.1, -0.05) is 6.92 Å². The topological polar surface area (TPSA) is 76.8 Å². The molecule has 2 unspecified atom stereocenters. The summed E-state index contributed by atoms with van der Waals surface area (Å²) >= 11 is 0. The molecule has 1 aromatic rings. The number of ether oxygens (including phenoxy) is 2. The highest BCUT2D eigenvalue weighted by Gasteiger charge is 2.18. The van der Waals surface area contributed by atoms with Crippen LogP contribution in [-0.2, 0) is 9.53 Å². The highest BCUT2D eigenvalue weighted by atomic mass is 35.5. The molecule has 8 heteroatoms. The Morgan fingerprint density at radius 3 is 2.60 bits per heavy atom. The molecule has 0 spiro atoms. The Kier molecular flexibility index (Phi) is 11.8. The quantitative estimate of drug-likeness (QED) is 0.707. The Morgan fingerprint density at radius 2 is 2.04 bits per heavy atom. The molecule has 3 N–H and O–H groups in total. The van der Waals surface area contributed by atoms with Gasteiger partial charge in [0.15, 0.2) is 0 Å². The molecule has 0 radical (unpaired) electrons. The first-order chi connectivity index (χ1) is 11.1. The molecule has 1 heterocycles. The Balaban J connectivity index is 0.00000288. The smallest absolute Gasteiger partial charge is 0.243 e. The van der Waals surface area contributed by atoms with Gasteiger partial charge in [0, 0.05) is 25.9 Å². The number of rotatable bonds is 8. The maximum Gasteiger partial charge on any atom is 0.243 e. The molecule has 1 fully saturated rings. The number of amides is 1. The summed E-state index contributed by atoms with van der Waals surface area (Å²) in [6.45, 7) is 6.44. The van der Waals surface area contributed by atoms with Crippen molar-refractivity contribution in [2.75, 3.05) is 45.3 Å². The molecule has 144 valence electrons. The van der Waals surface area contributed by atoms with Gasteiger partial charge in [-0.3, -0.25) is 9.69 Å². The van der Waals surface area contributed by atoms with Crippen molar-refractivity contribution in [3.63, 3.8) is 0 Å². The zero-order valence-electron chi connectivity index (χ0n) is 14.8. The number of methoxy groups -OCH3 is 1. The second kappa shape index (κ2) is 12.3. The predicted octanol–water partition coefficient (Wildman–Crippen LogP) is 2.16. The van der Waals surface area contributed by atoms with Gasteiger partial charge in [-0.15, -0.1) is 24.8 Å². The molecule has 1 aromatic carbocycles. The summed E-state index contributed by atoms with van der Waals surface area (Å²) in [5.74, 6) is 1.34. The number of halogens is 2. The predicted molar refractivity (Wildman–Crippen MR) is 105 cm³/mol. The molecule has 0 aromatic heterocycles.